The minimum atomic E-state index is -0.885. The fourth-order valence-electron chi connectivity index (χ4n) is 3.27. The van der Waals surface area contributed by atoms with E-state index in [9.17, 15) is 9.59 Å². The molecular formula is C26H27NO4. The van der Waals surface area contributed by atoms with Crippen LogP contribution in [-0.2, 0) is 27.3 Å². The lowest BCUT2D eigenvalue weighted by molar-refractivity contribution is -0.160. The molecule has 0 spiro atoms. The maximum Gasteiger partial charge on any atom is 0.344 e. The number of hydrogen-bond donors (Lipinski definition) is 0. The number of nitrogens with zero attached hydrogens (tertiary/aromatic N) is 1. The number of hydrogen-bond acceptors (Lipinski definition) is 4. The van der Waals surface area contributed by atoms with Gasteiger partial charge in [-0.25, -0.2) is 4.79 Å². The molecule has 0 saturated carbocycles. The van der Waals surface area contributed by atoms with Gasteiger partial charge in [-0.15, -0.1) is 0 Å². The SMILES string of the molecule is C[C@H](OC(=O)COc1ccccc1Cc1ccccc1)C(=O)N(C)Cc1ccccc1. The molecule has 31 heavy (non-hydrogen) atoms. The van der Waals surface area contributed by atoms with Crippen LogP contribution in [0.3, 0.4) is 0 Å². The lowest BCUT2D eigenvalue weighted by atomic mass is 10.0. The summed E-state index contributed by atoms with van der Waals surface area (Å²) in [6.07, 6.45) is -0.185. The van der Waals surface area contributed by atoms with Gasteiger partial charge in [0.15, 0.2) is 12.7 Å². The van der Waals surface area contributed by atoms with E-state index >= 15 is 0 Å². The summed E-state index contributed by atoms with van der Waals surface area (Å²) in [5.41, 5.74) is 3.14. The maximum atomic E-state index is 12.5. The van der Waals surface area contributed by atoms with Crippen LogP contribution in [0.25, 0.3) is 0 Å². The van der Waals surface area contributed by atoms with Crippen molar-refractivity contribution in [3.63, 3.8) is 0 Å². The second-order valence-corrected chi connectivity index (χ2v) is 7.37. The summed E-state index contributed by atoms with van der Waals surface area (Å²) in [6.45, 7) is 1.77. The van der Waals surface area contributed by atoms with Gasteiger partial charge in [-0.05, 0) is 29.7 Å². The third kappa shape index (κ3) is 6.71. The van der Waals surface area contributed by atoms with Crippen LogP contribution in [0.15, 0.2) is 84.9 Å². The summed E-state index contributed by atoms with van der Waals surface area (Å²) in [7, 11) is 1.69. The summed E-state index contributed by atoms with van der Waals surface area (Å²) in [4.78, 5) is 26.3. The molecule has 1 amide bonds. The highest BCUT2D eigenvalue weighted by atomic mass is 16.6. The van der Waals surface area contributed by atoms with E-state index in [-0.39, 0.29) is 12.5 Å². The van der Waals surface area contributed by atoms with Crippen molar-refractivity contribution in [3.8, 4) is 5.75 Å². The van der Waals surface area contributed by atoms with Crippen LogP contribution in [0.5, 0.6) is 5.75 Å². The zero-order valence-corrected chi connectivity index (χ0v) is 17.9. The quantitative estimate of drug-likeness (QED) is 0.489. The van der Waals surface area contributed by atoms with Crippen LogP contribution in [0, 0.1) is 0 Å². The van der Waals surface area contributed by atoms with Gasteiger partial charge in [0.05, 0.1) is 0 Å². The average molecular weight is 418 g/mol. The number of esters is 1. The molecule has 1 atom stereocenters. The number of carbonyl (C=O) groups excluding carboxylic acids is 2. The third-order valence-corrected chi connectivity index (χ3v) is 4.85. The average Bonchev–Trinajstić information content (AvgIpc) is 2.79. The first kappa shape index (κ1) is 22.1. The lowest BCUT2D eigenvalue weighted by Crippen LogP contribution is -2.37. The Labute approximate surface area is 183 Å². The first-order valence-electron chi connectivity index (χ1n) is 10.3. The van der Waals surface area contributed by atoms with Crippen LogP contribution in [0.1, 0.15) is 23.6 Å². The molecule has 160 valence electrons. The van der Waals surface area contributed by atoms with E-state index < -0.39 is 12.1 Å². The lowest BCUT2D eigenvalue weighted by Gasteiger charge is -2.21. The second-order valence-electron chi connectivity index (χ2n) is 7.37. The topological polar surface area (TPSA) is 55.8 Å². The van der Waals surface area contributed by atoms with Gasteiger partial charge in [0.2, 0.25) is 0 Å². The van der Waals surface area contributed by atoms with Gasteiger partial charge in [-0.1, -0.05) is 78.9 Å². The van der Waals surface area contributed by atoms with Crippen molar-refractivity contribution < 1.29 is 19.1 Å². The minimum absolute atomic E-state index is 0.258. The van der Waals surface area contributed by atoms with E-state index in [1.807, 2.05) is 84.9 Å². The van der Waals surface area contributed by atoms with E-state index in [4.69, 9.17) is 9.47 Å². The highest BCUT2D eigenvalue weighted by Gasteiger charge is 2.22. The highest BCUT2D eigenvalue weighted by molar-refractivity contribution is 5.83. The number of para-hydroxylation sites is 1. The number of ether oxygens (including phenoxy) is 2. The first-order valence-corrected chi connectivity index (χ1v) is 10.3. The van der Waals surface area contributed by atoms with Gasteiger partial charge in [-0.2, -0.15) is 0 Å². The molecule has 0 heterocycles. The molecule has 3 aromatic carbocycles. The number of rotatable bonds is 9. The van der Waals surface area contributed by atoms with Crippen LogP contribution in [0.2, 0.25) is 0 Å². The Morgan fingerprint density at radius 1 is 0.839 bits per heavy atom. The number of carbonyl (C=O) groups is 2. The summed E-state index contributed by atoms with van der Waals surface area (Å²) in [5, 5.41) is 0. The van der Waals surface area contributed by atoms with E-state index in [1.165, 1.54) is 0 Å². The third-order valence-electron chi connectivity index (χ3n) is 4.85. The van der Waals surface area contributed by atoms with Crippen molar-refractivity contribution in [2.24, 2.45) is 0 Å². The Morgan fingerprint density at radius 2 is 1.42 bits per heavy atom. The Morgan fingerprint density at radius 3 is 2.10 bits per heavy atom. The van der Waals surface area contributed by atoms with Crippen molar-refractivity contribution in [1.29, 1.82) is 0 Å². The summed E-state index contributed by atoms with van der Waals surface area (Å²) >= 11 is 0. The van der Waals surface area contributed by atoms with Crippen LogP contribution >= 0.6 is 0 Å². The molecule has 3 aromatic rings. The monoisotopic (exact) mass is 417 g/mol. The van der Waals surface area contributed by atoms with E-state index in [0.29, 0.717) is 18.7 Å². The molecule has 0 unspecified atom stereocenters. The summed E-state index contributed by atoms with van der Waals surface area (Å²) in [6, 6.07) is 27.3. The van der Waals surface area contributed by atoms with Gasteiger partial charge < -0.3 is 14.4 Å². The fourth-order valence-corrected chi connectivity index (χ4v) is 3.27. The Balaban J connectivity index is 1.51. The van der Waals surface area contributed by atoms with E-state index in [1.54, 1.807) is 18.9 Å². The standard InChI is InChI=1S/C26H27NO4/c1-20(26(29)27(2)18-22-13-7-4-8-14-22)31-25(28)19-30-24-16-10-9-15-23(24)17-21-11-5-3-6-12-21/h3-16,20H,17-19H2,1-2H3/t20-/m0/s1. The van der Waals surface area contributed by atoms with Crippen molar-refractivity contribution >= 4 is 11.9 Å². The minimum Gasteiger partial charge on any atom is -0.482 e. The van der Waals surface area contributed by atoms with Crippen molar-refractivity contribution in [2.45, 2.75) is 26.0 Å². The van der Waals surface area contributed by atoms with Crippen molar-refractivity contribution in [3.05, 3.63) is 102 Å². The predicted octanol–water partition coefficient (Wildman–Crippen LogP) is 4.25. The number of amides is 1. The van der Waals surface area contributed by atoms with E-state index in [2.05, 4.69) is 0 Å². The molecule has 0 aliphatic heterocycles. The van der Waals surface area contributed by atoms with Gasteiger partial charge in [0, 0.05) is 20.0 Å². The molecule has 0 radical (unpaired) electrons. The molecule has 0 bridgehead atoms. The van der Waals surface area contributed by atoms with Gasteiger partial charge in [0.25, 0.3) is 5.91 Å². The zero-order chi connectivity index (χ0) is 22.1. The smallest absolute Gasteiger partial charge is 0.344 e. The van der Waals surface area contributed by atoms with E-state index in [0.717, 1.165) is 16.7 Å². The molecule has 3 rings (SSSR count). The molecule has 0 fully saturated rings. The van der Waals surface area contributed by atoms with Gasteiger partial charge >= 0.3 is 5.97 Å². The molecule has 5 nitrogen and oxygen atoms in total. The molecule has 0 aliphatic carbocycles. The van der Waals surface area contributed by atoms with Crippen LogP contribution < -0.4 is 4.74 Å². The normalized spacial score (nSPS) is 11.4. The zero-order valence-electron chi connectivity index (χ0n) is 17.9. The predicted molar refractivity (Wildman–Crippen MR) is 120 cm³/mol. The molecule has 0 aromatic heterocycles. The maximum absolute atomic E-state index is 12.5. The number of benzene rings is 3. The first-order chi connectivity index (χ1) is 15.0. The van der Waals surface area contributed by atoms with Gasteiger partial charge in [-0.3, -0.25) is 4.79 Å². The summed E-state index contributed by atoms with van der Waals surface area (Å²) in [5.74, 6) is -0.214. The van der Waals surface area contributed by atoms with Crippen molar-refractivity contribution in [2.75, 3.05) is 13.7 Å². The highest BCUT2D eigenvalue weighted by Crippen LogP contribution is 2.21. The summed E-state index contributed by atoms with van der Waals surface area (Å²) < 4.78 is 11.0. The Hall–Kier alpha value is -3.60. The molecule has 0 aliphatic rings. The molecule has 0 N–H and O–H groups in total. The molecular weight excluding hydrogens is 390 g/mol. The van der Waals surface area contributed by atoms with Crippen LogP contribution in [0.4, 0.5) is 0 Å². The van der Waals surface area contributed by atoms with Gasteiger partial charge in [0.1, 0.15) is 5.75 Å². The van der Waals surface area contributed by atoms with Crippen molar-refractivity contribution in [1.82, 2.24) is 4.90 Å². The Kier molecular flexibility index (Phi) is 7.82. The molecule has 0 saturated heterocycles. The second kappa shape index (κ2) is 11.0. The Bertz CT molecular complexity index is 989. The molecule has 5 heteroatoms. The largest absolute Gasteiger partial charge is 0.482 e. The number of likely N-dealkylation sites (N-methyl/N-ethyl adjacent to an activating group) is 1. The van der Waals surface area contributed by atoms with Crippen LogP contribution in [-0.4, -0.2) is 36.5 Å². The fraction of sp³-hybridized carbons (Fsp3) is 0.231.